The van der Waals surface area contributed by atoms with E-state index in [1.54, 1.807) is 0 Å². The lowest BCUT2D eigenvalue weighted by Gasteiger charge is -2.01. The van der Waals surface area contributed by atoms with Crippen molar-refractivity contribution in [2.24, 2.45) is 5.73 Å². The van der Waals surface area contributed by atoms with Gasteiger partial charge in [-0.15, -0.1) is 0 Å². The van der Waals surface area contributed by atoms with Crippen LogP contribution in [0.4, 0.5) is 0 Å². The van der Waals surface area contributed by atoms with Gasteiger partial charge in [-0.2, -0.15) is 0 Å². The highest BCUT2D eigenvalue weighted by Crippen LogP contribution is 2.40. The number of carbonyl (C=O) groups is 1. The van der Waals surface area contributed by atoms with Crippen molar-refractivity contribution in [3.05, 3.63) is 35.9 Å². The third-order valence-corrected chi connectivity index (χ3v) is 3.51. The highest BCUT2D eigenvalue weighted by molar-refractivity contribution is 5.76. The van der Waals surface area contributed by atoms with E-state index in [1.165, 1.54) is 31.5 Å². The van der Waals surface area contributed by atoms with Gasteiger partial charge in [-0.05, 0) is 37.9 Å². The molecule has 1 amide bonds. The summed E-state index contributed by atoms with van der Waals surface area (Å²) in [4.78, 5) is 10.5. The van der Waals surface area contributed by atoms with Crippen LogP contribution in [0.25, 0.3) is 0 Å². The quantitative estimate of drug-likeness (QED) is 0.795. The van der Waals surface area contributed by atoms with Gasteiger partial charge in [0.05, 0.1) is 6.54 Å². The second-order valence-electron chi connectivity index (χ2n) is 5.16. The molecule has 1 heterocycles. The average molecular weight is 291 g/mol. The molecular weight excluding hydrogens is 262 g/mol. The van der Waals surface area contributed by atoms with Gasteiger partial charge in [0.2, 0.25) is 5.91 Å². The summed E-state index contributed by atoms with van der Waals surface area (Å²) >= 11 is 0. The number of hydrogen-bond donors (Lipinski definition) is 3. The Hall–Kier alpha value is -1.39. The molecule has 4 N–H and O–H groups in total. The smallest absolute Gasteiger partial charge is 0.231 e. The Morgan fingerprint density at radius 1 is 1.24 bits per heavy atom. The SMILES string of the molecule is C1CCNC1.CC.NC(=O)CNC1CC1c1ccccc1. The lowest BCUT2D eigenvalue weighted by atomic mass is 10.1. The van der Waals surface area contributed by atoms with Crippen LogP contribution in [0.3, 0.4) is 0 Å². The third-order valence-electron chi connectivity index (χ3n) is 3.51. The van der Waals surface area contributed by atoms with Crippen LogP contribution >= 0.6 is 0 Å². The number of primary amides is 1. The van der Waals surface area contributed by atoms with Crippen molar-refractivity contribution in [2.45, 2.75) is 45.1 Å². The van der Waals surface area contributed by atoms with Crippen LogP contribution in [0.15, 0.2) is 30.3 Å². The number of nitrogens with two attached hydrogens (primary N) is 1. The Morgan fingerprint density at radius 2 is 1.86 bits per heavy atom. The second-order valence-corrected chi connectivity index (χ2v) is 5.16. The summed E-state index contributed by atoms with van der Waals surface area (Å²) in [6, 6.07) is 10.8. The van der Waals surface area contributed by atoms with Gasteiger partial charge >= 0.3 is 0 Å². The Morgan fingerprint density at radius 3 is 2.33 bits per heavy atom. The summed E-state index contributed by atoms with van der Waals surface area (Å²) in [6.45, 7) is 6.79. The standard InChI is InChI=1S/C11H14N2O.C4H9N.C2H6/c12-11(14)7-13-10-6-9(10)8-4-2-1-3-5-8;1-2-4-5-3-1;1-2/h1-5,9-10,13H,6-7H2,(H2,12,14);5H,1-4H2;1-2H3. The van der Waals surface area contributed by atoms with Gasteiger partial charge in [0.1, 0.15) is 0 Å². The molecule has 2 aliphatic rings. The monoisotopic (exact) mass is 291 g/mol. The lowest BCUT2D eigenvalue weighted by molar-refractivity contribution is -0.117. The predicted molar refractivity (Wildman–Crippen MR) is 88.2 cm³/mol. The first-order chi connectivity index (χ1) is 10.3. The molecule has 3 rings (SSSR count). The van der Waals surface area contributed by atoms with Gasteiger partial charge in [-0.3, -0.25) is 4.79 Å². The molecular formula is C17H29N3O. The van der Waals surface area contributed by atoms with E-state index in [0.29, 0.717) is 12.0 Å². The number of carbonyl (C=O) groups excluding carboxylic acids is 1. The van der Waals surface area contributed by atoms with Crippen LogP contribution in [0.2, 0.25) is 0 Å². The predicted octanol–water partition coefficient (Wildman–Crippen LogP) is 2.01. The molecule has 0 aromatic heterocycles. The number of amides is 1. The molecule has 2 atom stereocenters. The minimum absolute atomic E-state index is 0.286. The van der Waals surface area contributed by atoms with Crippen molar-refractivity contribution >= 4 is 5.91 Å². The van der Waals surface area contributed by atoms with E-state index in [-0.39, 0.29) is 12.5 Å². The van der Waals surface area contributed by atoms with Crippen LogP contribution in [0.1, 0.15) is 44.6 Å². The van der Waals surface area contributed by atoms with Crippen molar-refractivity contribution in [3.8, 4) is 0 Å². The van der Waals surface area contributed by atoms with Crippen LogP contribution in [0, 0.1) is 0 Å². The van der Waals surface area contributed by atoms with E-state index >= 15 is 0 Å². The molecule has 1 aromatic rings. The summed E-state index contributed by atoms with van der Waals surface area (Å²) in [5.41, 5.74) is 6.39. The first kappa shape index (κ1) is 17.7. The van der Waals surface area contributed by atoms with Crippen LogP contribution < -0.4 is 16.4 Å². The minimum atomic E-state index is -0.288. The fourth-order valence-electron chi connectivity index (χ4n) is 2.35. The Kier molecular flexibility index (Phi) is 8.71. The molecule has 1 aliphatic carbocycles. The Bertz CT molecular complexity index is 383. The zero-order valence-electron chi connectivity index (χ0n) is 13.3. The van der Waals surface area contributed by atoms with E-state index in [0.717, 1.165) is 6.42 Å². The van der Waals surface area contributed by atoms with Crippen molar-refractivity contribution in [3.63, 3.8) is 0 Å². The Labute approximate surface area is 128 Å². The van der Waals surface area contributed by atoms with Crippen molar-refractivity contribution < 1.29 is 4.79 Å². The number of hydrogen-bond acceptors (Lipinski definition) is 3. The maximum absolute atomic E-state index is 10.5. The van der Waals surface area contributed by atoms with Gasteiger partial charge in [-0.1, -0.05) is 44.2 Å². The molecule has 1 aromatic carbocycles. The van der Waals surface area contributed by atoms with E-state index in [1.807, 2.05) is 32.0 Å². The summed E-state index contributed by atoms with van der Waals surface area (Å²) in [5.74, 6) is 0.277. The van der Waals surface area contributed by atoms with E-state index in [2.05, 4.69) is 22.8 Å². The summed E-state index contributed by atoms with van der Waals surface area (Å²) in [5, 5.41) is 6.35. The molecule has 118 valence electrons. The number of nitrogens with one attached hydrogen (secondary N) is 2. The second kappa shape index (κ2) is 10.4. The fourth-order valence-corrected chi connectivity index (χ4v) is 2.35. The molecule has 1 saturated carbocycles. The van der Waals surface area contributed by atoms with Gasteiger partial charge in [0.25, 0.3) is 0 Å². The van der Waals surface area contributed by atoms with Gasteiger partial charge in [0.15, 0.2) is 0 Å². The minimum Gasteiger partial charge on any atom is -0.369 e. The van der Waals surface area contributed by atoms with Crippen LogP contribution in [0.5, 0.6) is 0 Å². The van der Waals surface area contributed by atoms with Gasteiger partial charge in [0, 0.05) is 12.0 Å². The van der Waals surface area contributed by atoms with Gasteiger partial charge < -0.3 is 16.4 Å². The number of rotatable bonds is 4. The summed E-state index contributed by atoms with van der Waals surface area (Å²) in [7, 11) is 0. The molecule has 0 radical (unpaired) electrons. The topological polar surface area (TPSA) is 67.1 Å². The van der Waals surface area contributed by atoms with E-state index in [9.17, 15) is 4.79 Å². The van der Waals surface area contributed by atoms with E-state index in [4.69, 9.17) is 5.73 Å². The molecule has 0 spiro atoms. The fraction of sp³-hybridized carbons (Fsp3) is 0.588. The first-order valence-electron chi connectivity index (χ1n) is 8.04. The molecule has 2 fully saturated rings. The van der Waals surface area contributed by atoms with Crippen molar-refractivity contribution in [1.82, 2.24) is 10.6 Å². The zero-order valence-corrected chi connectivity index (χ0v) is 13.3. The normalized spacial score (nSPS) is 22.4. The molecule has 2 unspecified atom stereocenters. The summed E-state index contributed by atoms with van der Waals surface area (Å²) < 4.78 is 0. The van der Waals surface area contributed by atoms with Crippen molar-refractivity contribution in [1.29, 1.82) is 0 Å². The molecule has 1 aliphatic heterocycles. The third kappa shape index (κ3) is 7.25. The molecule has 4 nitrogen and oxygen atoms in total. The molecule has 4 heteroatoms. The number of benzene rings is 1. The Balaban J connectivity index is 0.000000263. The lowest BCUT2D eigenvalue weighted by Crippen LogP contribution is -2.30. The molecule has 1 saturated heterocycles. The zero-order chi connectivity index (χ0) is 15.5. The van der Waals surface area contributed by atoms with Crippen molar-refractivity contribution in [2.75, 3.05) is 19.6 Å². The van der Waals surface area contributed by atoms with Crippen LogP contribution in [-0.2, 0) is 4.79 Å². The average Bonchev–Trinajstić information content (AvgIpc) is 3.04. The van der Waals surface area contributed by atoms with E-state index < -0.39 is 0 Å². The molecule has 21 heavy (non-hydrogen) atoms. The highest BCUT2D eigenvalue weighted by Gasteiger charge is 2.37. The largest absolute Gasteiger partial charge is 0.369 e. The highest BCUT2D eigenvalue weighted by atomic mass is 16.1. The molecule has 0 bridgehead atoms. The van der Waals surface area contributed by atoms with Crippen LogP contribution in [-0.4, -0.2) is 31.6 Å². The maximum Gasteiger partial charge on any atom is 0.231 e. The maximum atomic E-state index is 10.5. The summed E-state index contributed by atoms with van der Waals surface area (Å²) in [6.07, 6.45) is 3.89. The first-order valence-corrected chi connectivity index (χ1v) is 8.04. The van der Waals surface area contributed by atoms with Gasteiger partial charge in [-0.25, -0.2) is 0 Å².